The topological polar surface area (TPSA) is 74.6 Å². The van der Waals surface area contributed by atoms with Crippen molar-refractivity contribution in [3.8, 4) is 0 Å². The van der Waals surface area contributed by atoms with Gasteiger partial charge < -0.3 is 10.2 Å². The van der Waals surface area contributed by atoms with E-state index in [1.54, 1.807) is 0 Å². The Balaban J connectivity index is 0. The van der Waals surface area contributed by atoms with Crippen molar-refractivity contribution in [1.29, 1.82) is 0 Å². The van der Waals surface area contributed by atoms with Gasteiger partial charge in [0.25, 0.3) is 0 Å². The molecule has 0 aliphatic carbocycles. The van der Waals surface area contributed by atoms with Crippen molar-refractivity contribution in [2.45, 2.75) is 0 Å². The van der Waals surface area contributed by atoms with Crippen LogP contribution in [0.5, 0.6) is 0 Å². The van der Waals surface area contributed by atoms with Crippen LogP contribution < -0.4 is 51.4 Å². The van der Waals surface area contributed by atoms with Crippen molar-refractivity contribution in [1.82, 2.24) is 0 Å². The standard InChI is InChI=1S/C2H2O4.K/c3-1(4)2(5)6;/h(H,3,4)(H,5,6);/q;+1. The third-order valence-corrected chi connectivity index (χ3v) is 0.183. The number of carbonyl (C=O) groups is 2. The maximum absolute atomic E-state index is 9.10. The van der Waals surface area contributed by atoms with Crippen molar-refractivity contribution in [3.63, 3.8) is 0 Å². The summed E-state index contributed by atoms with van der Waals surface area (Å²) in [4.78, 5) is 18.2. The Kier molecular flexibility index (Phi) is 7.12. The van der Waals surface area contributed by atoms with E-state index in [1.807, 2.05) is 0 Å². The van der Waals surface area contributed by atoms with Crippen molar-refractivity contribution in [2.75, 3.05) is 0 Å². The molecule has 0 atom stereocenters. The first kappa shape index (κ1) is 10.5. The van der Waals surface area contributed by atoms with Gasteiger partial charge >= 0.3 is 63.3 Å². The second kappa shape index (κ2) is 4.73. The third-order valence-electron chi connectivity index (χ3n) is 0.183. The van der Waals surface area contributed by atoms with Crippen molar-refractivity contribution in [3.05, 3.63) is 0 Å². The summed E-state index contributed by atoms with van der Waals surface area (Å²) in [6, 6.07) is 0. The number of rotatable bonds is 0. The Morgan fingerprint density at radius 2 is 1.14 bits per heavy atom. The number of hydrogen-bond acceptors (Lipinski definition) is 2. The summed E-state index contributed by atoms with van der Waals surface area (Å²) < 4.78 is 0. The molecule has 5 heteroatoms. The summed E-state index contributed by atoms with van der Waals surface area (Å²) in [6.45, 7) is 0. The fourth-order valence-corrected chi connectivity index (χ4v) is 0. The minimum Gasteiger partial charge on any atom is -0.473 e. The minimum atomic E-state index is -1.82. The van der Waals surface area contributed by atoms with E-state index in [0.29, 0.717) is 0 Å². The van der Waals surface area contributed by atoms with Gasteiger partial charge in [0.05, 0.1) is 0 Å². The quantitative estimate of drug-likeness (QED) is 0.259. The van der Waals surface area contributed by atoms with Crippen molar-refractivity contribution in [2.24, 2.45) is 0 Å². The van der Waals surface area contributed by atoms with E-state index in [1.165, 1.54) is 0 Å². The van der Waals surface area contributed by atoms with E-state index in [-0.39, 0.29) is 51.4 Å². The van der Waals surface area contributed by atoms with Crippen molar-refractivity contribution >= 4 is 11.9 Å². The average Bonchev–Trinajstić information content (AvgIpc) is 1.36. The molecule has 0 aromatic carbocycles. The number of carboxylic acid groups (broad SMARTS) is 2. The number of carboxylic acids is 2. The molecule has 7 heavy (non-hydrogen) atoms. The molecule has 0 rings (SSSR count). The molecule has 0 unspecified atom stereocenters. The van der Waals surface area contributed by atoms with E-state index in [4.69, 9.17) is 19.8 Å². The van der Waals surface area contributed by atoms with Crippen LogP contribution in [0.15, 0.2) is 0 Å². The van der Waals surface area contributed by atoms with E-state index in [2.05, 4.69) is 0 Å². The number of aliphatic carboxylic acids is 2. The molecule has 0 aliphatic rings. The Bertz CT molecular complexity index is 75.7. The van der Waals surface area contributed by atoms with Crippen LogP contribution >= 0.6 is 0 Å². The Hall–Kier alpha value is 0.576. The first-order valence-corrected chi connectivity index (χ1v) is 1.11. The van der Waals surface area contributed by atoms with Gasteiger partial charge in [0.2, 0.25) is 0 Å². The van der Waals surface area contributed by atoms with E-state index >= 15 is 0 Å². The maximum atomic E-state index is 9.10. The van der Waals surface area contributed by atoms with Crippen LogP contribution in [0, 0.1) is 0 Å². The monoisotopic (exact) mass is 129 g/mol. The van der Waals surface area contributed by atoms with Gasteiger partial charge in [0, 0.05) is 0 Å². The summed E-state index contributed by atoms with van der Waals surface area (Å²) in [5.41, 5.74) is 0. The van der Waals surface area contributed by atoms with Gasteiger partial charge in [0.15, 0.2) is 0 Å². The largest absolute Gasteiger partial charge is 1.00 e. The molecule has 0 radical (unpaired) electrons. The third kappa shape index (κ3) is 6.58. The van der Waals surface area contributed by atoms with Gasteiger partial charge in [-0.3, -0.25) is 0 Å². The van der Waals surface area contributed by atoms with Crippen LogP contribution in [0.4, 0.5) is 0 Å². The van der Waals surface area contributed by atoms with Crippen molar-refractivity contribution < 1.29 is 71.2 Å². The zero-order chi connectivity index (χ0) is 5.15. The zero-order valence-corrected chi connectivity index (χ0v) is 6.83. The van der Waals surface area contributed by atoms with Gasteiger partial charge in [-0.25, -0.2) is 9.59 Å². The van der Waals surface area contributed by atoms with Gasteiger partial charge in [0.1, 0.15) is 0 Å². The van der Waals surface area contributed by atoms with Crippen LogP contribution in [-0.4, -0.2) is 22.2 Å². The van der Waals surface area contributed by atoms with Crippen LogP contribution in [-0.2, 0) is 9.59 Å². The average molecular weight is 129 g/mol. The molecule has 0 heterocycles. The zero-order valence-electron chi connectivity index (χ0n) is 3.71. The van der Waals surface area contributed by atoms with Crippen LogP contribution in [0.2, 0.25) is 0 Å². The molecular formula is C2H2KO4+. The first-order valence-electron chi connectivity index (χ1n) is 1.11. The normalized spacial score (nSPS) is 6.29. The fourth-order valence-electron chi connectivity index (χ4n) is 0. The SMILES string of the molecule is O=C(O)C(=O)O.[K+]. The molecule has 0 saturated carbocycles. The predicted molar refractivity (Wildman–Crippen MR) is 15.3 cm³/mol. The van der Waals surface area contributed by atoms with Gasteiger partial charge in [-0.05, 0) is 0 Å². The summed E-state index contributed by atoms with van der Waals surface area (Å²) in [5, 5.41) is 14.8. The molecule has 4 nitrogen and oxygen atoms in total. The molecule has 0 aromatic heterocycles. The molecule has 0 amide bonds. The molecule has 34 valence electrons. The molecule has 0 aliphatic heterocycles. The van der Waals surface area contributed by atoms with E-state index < -0.39 is 11.9 Å². The molecular weight excluding hydrogens is 127 g/mol. The Morgan fingerprint density at radius 1 is 1.00 bits per heavy atom. The predicted octanol–water partition coefficient (Wildman–Crippen LogP) is -3.84. The van der Waals surface area contributed by atoms with Crippen LogP contribution in [0.1, 0.15) is 0 Å². The Labute approximate surface area is 81.9 Å². The molecule has 0 saturated heterocycles. The Morgan fingerprint density at radius 3 is 1.14 bits per heavy atom. The molecule has 0 fully saturated rings. The first-order chi connectivity index (χ1) is 2.64. The summed E-state index contributed by atoms with van der Waals surface area (Å²) in [7, 11) is 0. The van der Waals surface area contributed by atoms with Gasteiger partial charge in [-0.15, -0.1) is 0 Å². The van der Waals surface area contributed by atoms with E-state index in [0.717, 1.165) is 0 Å². The second-order valence-corrected chi connectivity index (χ2v) is 0.610. The van der Waals surface area contributed by atoms with Crippen LogP contribution in [0.3, 0.4) is 0 Å². The summed E-state index contributed by atoms with van der Waals surface area (Å²) >= 11 is 0. The fraction of sp³-hybridized carbons (Fsp3) is 0. The number of hydrogen-bond donors (Lipinski definition) is 2. The van der Waals surface area contributed by atoms with Gasteiger partial charge in [-0.1, -0.05) is 0 Å². The van der Waals surface area contributed by atoms with Gasteiger partial charge in [-0.2, -0.15) is 0 Å². The molecule has 0 spiro atoms. The summed E-state index contributed by atoms with van der Waals surface area (Å²) in [6.07, 6.45) is 0. The molecule has 0 bridgehead atoms. The molecule has 2 N–H and O–H groups in total. The smallest absolute Gasteiger partial charge is 0.473 e. The van der Waals surface area contributed by atoms with Crippen LogP contribution in [0.25, 0.3) is 0 Å². The van der Waals surface area contributed by atoms with E-state index in [9.17, 15) is 0 Å². The second-order valence-electron chi connectivity index (χ2n) is 0.610. The summed E-state index contributed by atoms with van der Waals surface area (Å²) in [5.74, 6) is -3.65. The maximum Gasteiger partial charge on any atom is 1.00 e. The molecule has 0 aromatic rings. The minimum absolute atomic E-state index is 0.